The third kappa shape index (κ3) is 5.46. The fourth-order valence-corrected chi connectivity index (χ4v) is 3.26. The molecular weight excluding hydrogens is 329 g/mol. The summed E-state index contributed by atoms with van der Waals surface area (Å²) >= 11 is 0. The Bertz CT molecular complexity index is 571. The molecule has 0 heterocycles. The molecule has 0 spiro atoms. The van der Waals surface area contributed by atoms with Crippen molar-refractivity contribution in [3.63, 3.8) is 0 Å². The molecule has 3 unspecified atom stereocenters. The van der Waals surface area contributed by atoms with Gasteiger partial charge in [-0.05, 0) is 50.4 Å². The van der Waals surface area contributed by atoms with Gasteiger partial charge in [0.1, 0.15) is 0 Å². The Morgan fingerprint density at radius 3 is 2.40 bits per heavy atom. The lowest BCUT2D eigenvalue weighted by Crippen LogP contribution is -2.49. The van der Waals surface area contributed by atoms with E-state index in [1.165, 1.54) is 18.6 Å². The lowest BCUT2D eigenvalue weighted by molar-refractivity contribution is -0.137. The molecule has 0 radical (unpaired) electrons. The van der Waals surface area contributed by atoms with Crippen molar-refractivity contribution in [1.82, 2.24) is 10.2 Å². The molecule has 140 valence electrons. The van der Waals surface area contributed by atoms with Crippen LogP contribution in [0, 0.1) is 5.92 Å². The topological polar surface area (TPSA) is 32.3 Å². The normalized spacial score (nSPS) is 22.7. The molecule has 0 aromatic heterocycles. The van der Waals surface area contributed by atoms with E-state index < -0.39 is 11.7 Å². The molecule has 25 heavy (non-hydrogen) atoms. The molecular formula is C19H27F3N2O. The number of rotatable bonds is 5. The van der Waals surface area contributed by atoms with Crippen molar-refractivity contribution in [2.24, 2.45) is 5.92 Å². The summed E-state index contributed by atoms with van der Waals surface area (Å²) in [5, 5.41) is 3.13. The average Bonchev–Trinajstić information content (AvgIpc) is 2.55. The van der Waals surface area contributed by atoms with E-state index in [1.54, 1.807) is 0 Å². The molecule has 1 aliphatic carbocycles. The molecule has 1 saturated carbocycles. The maximum atomic E-state index is 12.6. The minimum atomic E-state index is -4.33. The molecule has 1 N–H and O–H groups in total. The summed E-state index contributed by atoms with van der Waals surface area (Å²) < 4.78 is 37.8. The number of carbonyl (C=O) groups excluding carboxylic acids is 1. The number of hydrogen-bond donors (Lipinski definition) is 1. The minimum absolute atomic E-state index is 0.0202. The summed E-state index contributed by atoms with van der Waals surface area (Å²) in [7, 11) is 1.81. The SMILES string of the molecule is CC1CCCCC1NC(=O)C(C)N(C)Cc1ccc(C(F)(F)F)cc1. The minimum Gasteiger partial charge on any atom is -0.352 e. The van der Waals surface area contributed by atoms with E-state index in [0.717, 1.165) is 37.0 Å². The predicted octanol–water partition coefficient (Wildman–Crippen LogP) is 4.22. The molecule has 3 nitrogen and oxygen atoms in total. The van der Waals surface area contributed by atoms with Gasteiger partial charge in [0, 0.05) is 12.6 Å². The molecule has 3 atom stereocenters. The summed E-state index contributed by atoms with van der Waals surface area (Å²) in [5.41, 5.74) is 0.0946. The maximum Gasteiger partial charge on any atom is 0.416 e. The van der Waals surface area contributed by atoms with Gasteiger partial charge in [0.25, 0.3) is 0 Å². The number of likely N-dealkylation sites (N-methyl/N-ethyl adjacent to an activating group) is 1. The molecule has 1 fully saturated rings. The van der Waals surface area contributed by atoms with E-state index in [-0.39, 0.29) is 18.0 Å². The average molecular weight is 356 g/mol. The molecule has 6 heteroatoms. The van der Waals surface area contributed by atoms with Crippen molar-refractivity contribution in [1.29, 1.82) is 0 Å². The van der Waals surface area contributed by atoms with Gasteiger partial charge in [-0.25, -0.2) is 0 Å². The highest BCUT2D eigenvalue weighted by molar-refractivity contribution is 5.81. The Balaban J connectivity index is 1.90. The molecule has 0 bridgehead atoms. The van der Waals surface area contributed by atoms with Gasteiger partial charge in [0.15, 0.2) is 0 Å². The number of alkyl halides is 3. The van der Waals surface area contributed by atoms with Gasteiger partial charge >= 0.3 is 6.18 Å². The highest BCUT2D eigenvalue weighted by atomic mass is 19.4. The summed E-state index contributed by atoms with van der Waals surface area (Å²) in [4.78, 5) is 14.3. The van der Waals surface area contributed by atoms with E-state index in [9.17, 15) is 18.0 Å². The van der Waals surface area contributed by atoms with E-state index in [1.807, 2.05) is 18.9 Å². The Hall–Kier alpha value is -1.56. The quantitative estimate of drug-likeness (QED) is 0.857. The second kappa shape index (κ2) is 8.21. The number of nitrogens with one attached hydrogen (secondary N) is 1. The molecule has 0 saturated heterocycles. The Morgan fingerprint density at radius 1 is 1.24 bits per heavy atom. The van der Waals surface area contributed by atoms with Crippen LogP contribution in [-0.2, 0) is 17.5 Å². The highest BCUT2D eigenvalue weighted by Crippen LogP contribution is 2.29. The van der Waals surface area contributed by atoms with Crippen molar-refractivity contribution in [2.75, 3.05) is 7.05 Å². The summed E-state index contributed by atoms with van der Waals surface area (Å²) in [6.45, 7) is 4.42. The van der Waals surface area contributed by atoms with Gasteiger partial charge in [0.2, 0.25) is 5.91 Å². The van der Waals surface area contributed by atoms with Crippen LogP contribution in [0.15, 0.2) is 24.3 Å². The monoisotopic (exact) mass is 356 g/mol. The third-order valence-electron chi connectivity index (χ3n) is 5.19. The highest BCUT2D eigenvalue weighted by Gasteiger charge is 2.30. The first-order valence-electron chi connectivity index (χ1n) is 8.85. The summed E-state index contributed by atoms with van der Waals surface area (Å²) in [5.74, 6) is 0.471. The van der Waals surface area contributed by atoms with Crippen LogP contribution in [0.1, 0.15) is 50.7 Å². The van der Waals surface area contributed by atoms with Crippen LogP contribution < -0.4 is 5.32 Å². The molecule has 0 aliphatic heterocycles. The number of hydrogen-bond acceptors (Lipinski definition) is 2. The van der Waals surface area contributed by atoms with Gasteiger partial charge in [-0.2, -0.15) is 13.2 Å². The van der Waals surface area contributed by atoms with Gasteiger partial charge in [-0.15, -0.1) is 0 Å². The van der Waals surface area contributed by atoms with Gasteiger partial charge in [0.05, 0.1) is 11.6 Å². The van der Waals surface area contributed by atoms with Crippen LogP contribution in [0.2, 0.25) is 0 Å². The second-order valence-corrected chi connectivity index (χ2v) is 7.16. The zero-order valence-corrected chi connectivity index (χ0v) is 15.1. The largest absolute Gasteiger partial charge is 0.416 e. The van der Waals surface area contributed by atoms with Crippen LogP contribution in [0.3, 0.4) is 0 Å². The summed E-state index contributed by atoms with van der Waals surface area (Å²) in [6.07, 6.45) is 0.194. The van der Waals surface area contributed by atoms with E-state index in [0.29, 0.717) is 12.5 Å². The van der Waals surface area contributed by atoms with Crippen LogP contribution in [0.25, 0.3) is 0 Å². The number of carbonyl (C=O) groups is 1. The zero-order valence-electron chi connectivity index (χ0n) is 15.1. The van der Waals surface area contributed by atoms with Crippen LogP contribution >= 0.6 is 0 Å². The molecule has 1 aromatic rings. The molecule has 1 amide bonds. The number of benzene rings is 1. The van der Waals surface area contributed by atoms with Crippen molar-refractivity contribution >= 4 is 5.91 Å². The van der Waals surface area contributed by atoms with Gasteiger partial charge in [-0.1, -0.05) is 31.9 Å². The van der Waals surface area contributed by atoms with E-state index >= 15 is 0 Å². The van der Waals surface area contributed by atoms with Gasteiger partial charge in [-0.3, -0.25) is 9.69 Å². The first-order chi connectivity index (χ1) is 11.7. The van der Waals surface area contributed by atoms with Crippen LogP contribution in [0.5, 0.6) is 0 Å². The van der Waals surface area contributed by atoms with Crippen molar-refractivity contribution < 1.29 is 18.0 Å². The standard InChI is InChI=1S/C19H27F3N2O/c1-13-6-4-5-7-17(13)23-18(25)14(2)24(3)12-15-8-10-16(11-9-15)19(20,21)22/h8-11,13-14,17H,4-7,12H2,1-3H3,(H,23,25). The molecule has 1 aromatic carbocycles. The fourth-order valence-electron chi connectivity index (χ4n) is 3.26. The maximum absolute atomic E-state index is 12.6. The smallest absolute Gasteiger partial charge is 0.352 e. The Morgan fingerprint density at radius 2 is 1.84 bits per heavy atom. The first kappa shape index (κ1) is 19.8. The predicted molar refractivity (Wildman–Crippen MR) is 91.9 cm³/mol. The number of amides is 1. The molecule has 2 rings (SSSR count). The van der Waals surface area contributed by atoms with Crippen molar-refractivity contribution in [2.45, 2.75) is 64.3 Å². The number of halogens is 3. The van der Waals surface area contributed by atoms with E-state index in [4.69, 9.17) is 0 Å². The fraction of sp³-hybridized carbons (Fsp3) is 0.632. The lowest BCUT2D eigenvalue weighted by Gasteiger charge is -2.32. The van der Waals surface area contributed by atoms with E-state index in [2.05, 4.69) is 12.2 Å². The third-order valence-corrected chi connectivity index (χ3v) is 5.19. The van der Waals surface area contributed by atoms with Gasteiger partial charge < -0.3 is 5.32 Å². The first-order valence-corrected chi connectivity index (χ1v) is 8.85. The van der Waals surface area contributed by atoms with Crippen molar-refractivity contribution in [3.8, 4) is 0 Å². The second-order valence-electron chi connectivity index (χ2n) is 7.16. The Labute approximate surface area is 147 Å². The Kier molecular flexibility index (Phi) is 6.49. The van der Waals surface area contributed by atoms with Crippen LogP contribution in [-0.4, -0.2) is 29.9 Å². The van der Waals surface area contributed by atoms with Crippen LogP contribution in [0.4, 0.5) is 13.2 Å². The lowest BCUT2D eigenvalue weighted by atomic mass is 9.86. The van der Waals surface area contributed by atoms with Crippen molar-refractivity contribution in [3.05, 3.63) is 35.4 Å². The number of nitrogens with zero attached hydrogens (tertiary/aromatic N) is 1. The molecule has 1 aliphatic rings. The summed E-state index contributed by atoms with van der Waals surface area (Å²) in [6, 6.07) is 4.98. The zero-order chi connectivity index (χ0) is 18.6.